The third kappa shape index (κ3) is 2.58. The number of hydrogen-bond donors (Lipinski definition) is 0. The van der Waals surface area contributed by atoms with Gasteiger partial charge in [0.25, 0.3) is 0 Å². The van der Waals surface area contributed by atoms with E-state index in [4.69, 9.17) is 4.52 Å². The van der Waals surface area contributed by atoms with Crippen molar-refractivity contribution >= 4 is 21.0 Å². The fourth-order valence-corrected chi connectivity index (χ4v) is 4.33. The number of rotatable bonds is 3. The van der Waals surface area contributed by atoms with Crippen molar-refractivity contribution in [2.75, 3.05) is 13.1 Å². The summed E-state index contributed by atoms with van der Waals surface area (Å²) >= 11 is 0. The van der Waals surface area contributed by atoms with Crippen LogP contribution in [0.2, 0.25) is 0 Å². The Morgan fingerprint density at radius 2 is 2.20 bits per heavy atom. The van der Waals surface area contributed by atoms with Crippen molar-refractivity contribution in [1.29, 1.82) is 0 Å². The highest BCUT2D eigenvalue weighted by Crippen LogP contribution is 2.24. The van der Waals surface area contributed by atoms with Crippen LogP contribution in [0.4, 0.5) is 0 Å². The van der Waals surface area contributed by atoms with Crippen molar-refractivity contribution in [3.63, 3.8) is 0 Å². The van der Waals surface area contributed by atoms with E-state index in [1.165, 1.54) is 0 Å². The third-order valence-electron chi connectivity index (χ3n) is 3.78. The monoisotopic (exact) mass is 294 g/mol. The molecule has 1 atom stereocenters. The number of hydrogen-bond acceptors (Lipinski definition) is 4. The normalized spacial score (nSPS) is 21.4. The van der Waals surface area contributed by atoms with Crippen molar-refractivity contribution < 1.29 is 12.9 Å². The smallest absolute Gasteiger partial charge is 0.220 e. The van der Waals surface area contributed by atoms with E-state index in [0.29, 0.717) is 30.3 Å². The Morgan fingerprint density at radius 3 is 3.00 bits per heavy atom. The molecule has 1 fully saturated rings. The molecule has 2 aromatic rings. The SMILES string of the molecule is CC1CCCN(S(=O)(=O)Cc2noc3ccccc23)C1. The van der Waals surface area contributed by atoms with E-state index in [1.54, 1.807) is 10.4 Å². The Bertz CT molecular complexity index is 708. The number of fused-ring (bicyclic) bond motifs is 1. The topological polar surface area (TPSA) is 63.4 Å². The zero-order valence-corrected chi connectivity index (χ0v) is 12.3. The van der Waals surface area contributed by atoms with Crippen LogP contribution < -0.4 is 0 Å². The second kappa shape index (κ2) is 5.18. The van der Waals surface area contributed by atoms with Crippen molar-refractivity contribution in [2.45, 2.75) is 25.5 Å². The molecule has 0 N–H and O–H groups in total. The molecule has 3 rings (SSSR count). The maximum absolute atomic E-state index is 12.5. The minimum atomic E-state index is -3.32. The molecule has 1 aliphatic heterocycles. The van der Waals surface area contributed by atoms with Gasteiger partial charge in [0.05, 0.1) is 0 Å². The lowest BCUT2D eigenvalue weighted by molar-refractivity contribution is 0.280. The van der Waals surface area contributed by atoms with Crippen molar-refractivity contribution in [1.82, 2.24) is 9.46 Å². The molecule has 0 saturated carbocycles. The standard InChI is InChI=1S/C14H18N2O3S/c1-11-5-4-8-16(9-11)20(17,18)10-13-12-6-2-3-7-14(12)19-15-13/h2-3,6-7,11H,4-5,8-10H2,1H3. The molecule has 5 nitrogen and oxygen atoms in total. The van der Waals surface area contributed by atoms with E-state index < -0.39 is 10.0 Å². The average molecular weight is 294 g/mol. The molecule has 1 aliphatic rings. The minimum Gasteiger partial charge on any atom is -0.356 e. The van der Waals surface area contributed by atoms with Gasteiger partial charge in [-0.1, -0.05) is 24.2 Å². The first kappa shape index (κ1) is 13.6. The zero-order valence-electron chi connectivity index (χ0n) is 11.4. The Labute approximate surface area is 118 Å². The summed E-state index contributed by atoms with van der Waals surface area (Å²) in [6, 6.07) is 7.34. The molecule has 0 spiro atoms. The molecule has 0 amide bonds. The van der Waals surface area contributed by atoms with Gasteiger partial charge in [0, 0.05) is 18.5 Å². The van der Waals surface area contributed by atoms with Crippen LogP contribution in [0, 0.1) is 5.92 Å². The first-order valence-corrected chi connectivity index (χ1v) is 8.48. The van der Waals surface area contributed by atoms with Crippen LogP contribution in [0.1, 0.15) is 25.5 Å². The van der Waals surface area contributed by atoms with Gasteiger partial charge in [-0.2, -0.15) is 0 Å². The molecule has 1 aromatic heterocycles. The summed E-state index contributed by atoms with van der Waals surface area (Å²) in [4.78, 5) is 0. The number of nitrogens with zero attached hydrogens (tertiary/aromatic N) is 2. The summed E-state index contributed by atoms with van der Waals surface area (Å²) < 4.78 is 31.7. The molecule has 0 aliphatic carbocycles. The van der Waals surface area contributed by atoms with Crippen molar-refractivity contribution in [3.8, 4) is 0 Å². The summed E-state index contributed by atoms with van der Waals surface area (Å²) in [6.45, 7) is 3.31. The van der Waals surface area contributed by atoms with Gasteiger partial charge in [0.2, 0.25) is 10.0 Å². The highest BCUT2D eigenvalue weighted by atomic mass is 32.2. The van der Waals surface area contributed by atoms with Crippen molar-refractivity contribution in [3.05, 3.63) is 30.0 Å². The van der Waals surface area contributed by atoms with Gasteiger partial charge in [-0.05, 0) is 30.9 Å². The Kier molecular flexibility index (Phi) is 3.52. The lowest BCUT2D eigenvalue weighted by Crippen LogP contribution is -2.39. The highest BCUT2D eigenvalue weighted by Gasteiger charge is 2.28. The summed E-state index contributed by atoms with van der Waals surface area (Å²) in [5.41, 5.74) is 1.13. The first-order valence-electron chi connectivity index (χ1n) is 6.87. The van der Waals surface area contributed by atoms with Crippen LogP contribution in [-0.2, 0) is 15.8 Å². The van der Waals surface area contributed by atoms with Gasteiger partial charge in [0.1, 0.15) is 11.4 Å². The Morgan fingerprint density at radius 1 is 1.40 bits per heavy atom. The van der Waals surface area contributed by atoms with Crippen LogP contribution >= 0.6 is 0 Å². The molecule has 20 heavy (non-hydrogen) atoms. The second-order valence-corrected chi connectivity index (χ2v) is 7.46. The zero-order chi connectivity index (χ0) is 14.2. The number of piperidine rings is 1. The van der Waals surface area contributed by atoms with Crippen molar-refractivity contribution in [2.24, 2.45) is 5.92 Å². The summed E-state index contributed by atoms with van der Waals surface area (Å²) in [7, 11) is -3.32. The molecule has 0 bridgehead atoms. The molecule has 0 radical (unpaired) electrons. The molecule has 6 heteroatoms. The van der Waals surface area contributed by atoms with Crippen LogP contribution in [0.5, 0.6) is 0 Å². The van der Waals surface area contributed by atoms with E-state index in [9.17, 15) is 8.42 Å². The highest BCUT2D eigenvalue weighted by molar-refractivity contribution is 7.88. The Hall–Kier alpha value is -1.40. The van der Waals surface area contributed by atoms with Gasteiger partial charge < -0.3 is 4.52 Å². The summed E-state index contributed by atoms with van der Waals surface area (Å²) in [6.07, 6.45) is 2.03. The molecule has 1 unspecified atom stereocenters. The molecule has 2 heterocycles. The van der Waals surface area contributed by atoms with Gasteiger partial charge in [-0.25, -0.2) is 12.7 Å². The van der Waals surface area contributed by atoms with E-state index in [1.807, 2.05) is 18.2 Å². The molecule has 1 aromatic carbocycles. The molecule has 108 valence electrons. The van der Waals surface area contributed by atoms with Crippen LogP contribution in [0.3, 0.4) is 0 Å². The first-order chi connectivity index (χ1) is 9.56. The number of aromatic nitrogens is 1. The summed E-state index contributed by atoms with van der Waals surface area (Å²) in [5, 5.41) is 4.69. The van der Waals surface area contributed by atoms with Gasteiger partial charge >= 0.3 is 0 Å². The summed E-state index contributed by atoms with van der Waals surface area (Å²) in [5.74, 6) is 0.337. The van der Waals surface area contributed by atoms with Gasteiger partial charge in [-0.15, -0.1) is 0 Å². The van der Waals surface area contributed by atoms with E-state index >= 15 is 0 Å². The minimum absolute atomic E-state index is 0.0866. The third-order valence-corrected chi connectivity index (χ3v) is 5.54. The Balaban J connectivity index is 1.86. The molecular weight excluding hydrogens is 276 g/mol. The fraction of sp³-hybridized carbons (Fsp3) is 0.500. The van der Waals surface area contributed by atoms with Gasteiger partial charge in [0.15, 0.2) is 5.58 Å². The number of benzene rings is 1. The quantitative estimate of drug-likeness (QED) is 0.872. The molecular formula is C14H18N2O3S. The van der Waals surface area contributed by atoms with Crippen LogP contribution in [-0.4, -0.2) is 31.0 Å². The largest absolute Gasteiger partial charge is 0.356 e. The fourth-order valence-electron chi connectivity index (χ4n) is 2.71. The molecule has 1 saturated heterocycles. The van der Waals surface area contributed by atoms with Gasteiger partial charge in [-0.3, -0.25) is 0 Å². The number of sulfonamides is 1. The predicted octanol–water partition coefficient (Wildman–Crippen LogP) is 2.39. The van der Waals surface area contributed by atoms with Crippen LogP contribution in [0.25, 0.3) is 11.0 Å². The second-order valence-electron chi connectivity index (χ2n) is 5.49. The van der Waals surface area contributed by atoms with Crippen LogP contribution in [0.15, 0.2) is 28.8 Å². The maximum Gasteiger partial charge on any atom is 0.220 e. The average Bonchev–Trinajstić information content (AvgIpc) is 2.82. The van der Waals surface area contributed by atoms with E-state index in [-0.39, 0.29) is 5.75 Å². The predicted molar refractivity (Wildman–Crippen MR) is 76.6 cm³/mol. The van der Waals surface area contributed by atoms with E-state index in [0.717, 1.165) is 18.2 Å². The lowest BCUT2D eigenvalue weighted by atomic mass is 10.0. The van der Waals surface area contributed by atoms with E-state index in [2.05, 4.69) is 12.1 Å². The lowest BCUT2D eigenvalue weighted by Gasteiger charge is -2.29. The number of para-hydroxylation sites is 1. The maximum atomic E-state index is 12.5.